The van der Waals surface area contributed by atoms with Gasteiger partial charge in [-0.3, -0.25) is 4.79 Å². The molecule has 3 aromatic rings. The highest BCUT2D eigenvalue weighted by atomic mass is 32.2. The van der Waals surface area contributed by atoms with Crippen molar-refractivity contribution in [1.29, 1.82) is 5.26 Å². The van der Waals surface area contributed by atoms with E-state index < -0.39 is 16.0 Å². The lowest BCUT2D eigenvalue weighted by Crippen LogP contribution is -2.15. The van der Waals surface area contributed by atoms with Gasteiger partial charge in [-0.1, -0.05) is 48.5 Å². The van der Waals surface area contributed by atoms with Gasteiger partial charge in [0.1, 0.15) is 22.3 Å². The first-order valence-corrected chi connectivity index (χ1v) is 10.8. The molecule has 156 valence electrons. The summed E-state index contributed by atoms with van der Waals surface area (Å²) in [5.74, 6) is -0.587. The highest BCUT2D eigenvalue weighted by Gasteiger charge is 2.19. The summed E-state index contributed by atoms with van der Waals surface area (Å²) >= 11 is 0. The van der Waals surface area contributed by atoms with Crippen molar-refractivity contribution in [2.24, 2.45) is 0 Å². The zero-order valence-corrected chi connectivity index (χ0v) is 17.8. The molecule has 3 aromatic carbocycles. The summed E-state index contributed by atoms with van der Waals surface area (Å²) in [4.78, 5) is 12.7. The molecule has 7 heteroatoms. The van der Waals surface area contributed by atoms with Gasteiger partial charge in [0.2, 0.25) is 0 Å². The number of amides is 1. The number of carbonyl (C=O) groups is 1. The van der Waals surface area contributed by atoms with E-state index in [2.05, 4.69) is 5.32 Å². The molecule has 0 unspecified atom stereocenters. The van der Waals surface area contributed by atoms with Crippen molar-refractivity contribution in [2.75, 3.05) is 5.32 Å². The van der Waals surface area contributed by atoms with Crippen LogP contribution in [-0.4, -0.2) is 14.3 Å². The average Bonchev–Trinajstić information content (AvgIpc) is 2.76. The SMILES string of the molecule is Cc1cccc(NC(=O)/C(C#N)=C/c2ccccc2OS(=O)(=O)c2ccccc2)c1C. The maximum atomic E-state index is 12.7. The molecular weight excluding hydrogens is 412 g/mol. The minimum absolute atomic E-state index is 0.00181. The molecule has 0 fully saturated rings. The summed E-state index contributed by atoms with van der Waals surface area (Å²) in [6, 6.07) is 21.4. The summed E-state index contributed by atoms with van der Waals surface area (Å²) in [6.45, 7) is 3.80. The number of benzene rings is 3. The van der Waals surface area contributed by atoms with Gasteiger partial charge in [-0.05, 0) is 55.3 Å². The fourth-order valence-corrected chi connectivity index (χ4v) is 3.78. The lowest BCUT2D eigenvalue weighted by atomic mass is 10.1. The van der Waals surface area contributed by atoms with Crippen LogP contribution in [0.5, 0.6) is 5.75 Å². The fourth-order valence-electron chi connectivity index (χ4n) is 2.81. The van der Waals surface area contributed by atoms with Gasteiger partial charge in [-0.25, -0.2) is 0 Å². The second-order valence-electron chi connectivity index (χ2n) is 6.76. The zero-order chi connectivity index (χ0) is 22.4. The van der Waals surface area contributed by atoms with Crippen LogP contribution in [0.4, 0.5) is 5.69 Å². The minimum Gasteiger partial charge on any atom is -0.378 e. The molecule has 1 N–H and O–H groups in total. The summed E-state index contributed by atoms with van der Waals surface area (Å²) < 4.78 is 30.4. The summed E-state index contributed by atoms with van der Waals surface area (Å²) in [5, 5.41) is 12.3. The number of nitrogens with one attached hydrogen (secondary N) is 1. The number of rotatable bonds is 6. The summed E-state index contributed by atoms with van der Waals surface area (Å²) in [5.41, 5.74) is 2.60. The molecule has 0 aliphatic heterocycles. The Morgan fingerprint density at radius 1 is 0.968 bits per heavy atom. The van der Waals surface area contributed by atoms with Crippen LogP contribution in [0.1, 0.15) is 16.7 Å². The Morgan fingerprint density at radius 2 is 1.65 bits per heavy atom. The van der Waals surface area contributed by atoms with E-state index in [9.17, 15) is 18.5 Å². The second kappa shape index (κ2) is 9.28. The number of anilines is 1. The average molecular weight is 433 g/mol. The third-order valence-electron chi connectivity index (χ3n) is 4.67. The molecule has 0 aliphatic rings. The van der Waals surface area contributed by atoms with Crippen molar-refractivity contribution in [3.63, 3.8) is 0 Å². The van der Waals surface area contributed by atoms with E-state index in [0.717, 1.165) is 11.1 Å². The number of aryl methyl sites for hydroxylation is 1. The monoisotopic (exact) mass is 432 g/mol. The van der Waals surface area contributed by atoms with Gasteiger partial charge in [0.15, 0.2) is 0 Å². The Bertz CT molecular complexity index is 1290. The Balaban J connectivity index is 1.91. The number of para-hydroxylation sites is 1. The molecule has 31 heavy (non-hydrogen) atoms. The number of hydrogen-bond acceptors (Lipinski definition) is 5. The molecule has 0 atom stereocenters. The van der Waals surface area contributed by atoms with Crippen LogP contribution < -0.4 is 9.50 Å². The predicted octanol–water partition coefficient (Wildman–Crippen LogP) is 4.62. The molecule has 3 rings (SSSR count). The van der Waals surface area contributed by atoms with E-state index in [1.165, 1.54) is 24.3 Å². The van der Waals surface area contributed by atoms with Crippen molar-refractivity contribution in [2.45, 2.75) is 18.7 Å². The van der Waals surface area contributed by atoms with Crippen LogP contribution in [0.15, 0.2) is 83.3 Å². The van der Waals surface area contributed by atoms with Crippen LogP contribution in [0.2, 0.25) is 0 Å². The van der Waals surface area contributed by atoms with Crippen molar-refractivity contribution < 1.29 is 17.4 Å². The topological polar surface area (TPSA) is 96.3 Å². The van der Waals surface area contributed by atoms with Crippen LogP contribution in [0.25, 0.3) is 6.08 Å². The van der Waals surface area contributed by atoms with E-state index in [1.807, 2.05) is 32.0 Å². The molecule has 0 aliphatic carbocycles. The molecule has 6 nitrogen and oxygen atoms in total. The Kier molecular flexibility index (Phi) is 6.53. The molecule has 1 amide bonds. The van der Waals surface area contributed by atoms with Crippen molar-refractivity contribution >= 4 is 27.8 Å². The van der Waals surface area contributed by atoms with Crippen LogP contribution in [0.3, 0.4) is 0 Å². The highest BCUT2D eigenvalue weighted by Crippen LogP contribution is 2.26. The lowest BCUT2D eigenvalue weighted by molar-refractivity contribution is -0.112. The molecule has 0 spiro atoms. The van der Waals surface area contributed by atoms with Crippen molar-refractivity contribution in [3.8, 4) is 11.8 Å². The predicted molar refractivity (Wildman–Crippen MR) is 119 cm³/mol. The fraction of sp³-hybridized carbons (Fsp3) is 0.0833. The quantitative estimate of drug-likeness (QED) is 0.348. The normalized spacial score (nSPS) is 11.5. The summed E-state index contributed by atoms with van der Waals surface area (Å²) in [7, 11) is -4.07. The van der Waals surface area contributed by atoms with Gasteiger partial charge in [-0.2, -0.15) is 13.7 Å². The van der Waals surface area contributed by atoms with E-state index in [0.29, 0.717) is 5.69 Å². The van der Waals surface area contributed by atoms with Crippen LogP contribution in [0, 0.1) is 25.2 Å². The second-order valence-corrected chi connectivity index (χ2v) is 8.31. The van der Waals surface area contributed by atoms with Crippen molar-refractivity contribution in [3.05, 3.63) is 95.1 Å². The Labute approximate surface area is 181 Å². The first-order valence-electron chi connectivity index (χ1n) is 9.40. The molecule has 0 bridgehead atoms. The largest absolute Gasteiger partial charge is 0.378 e. The van der Waals surface area contributed by atoms with Gasteiger partial charge in [-0.15, -0.1) is 0 Å². The van der Waals surface area contributed by atoms with E-state index >= 15 is 0 Å². The molecule has 0 aromatic heterocycles. The zero-order valence-electron chi connectivity index (χ0n) is 17.0. The third-order valence-corrected chi connectivity index (χ3v) is 5.92. The first kappa shape index (κ1) is 21.8. The van der Waals surface area contributed by atoms with E-state index in [-0.39, 0.29) is 21.8 Å². The molecule has 0 saturated heterocycles. The maximum absolute atomic E-state index is 12.7. The highest BCUT2D eigenvalue weighted by molar-refractivity contribution is 7.87. The van der Waals surface area contributed by atoms with Crippen LogP contribution in [-0.2, 0) is 14.9 Å². The number of nitriles is 1. The third kappa shape index (κ3) is 5.18. The van der Waals surface area contributed by atoms with E-state index in [1.54, 1.807) is 42.5 Å². The Morgan fingerprint density at radius 3 is 2.35 bits per heavy atom. The number of carbonyl (C=O) groups excluding carboxylic acids is 1. The maximum Gasteiger partial charge on any atom is 0.339 e. The first-order chi connectivity index (χ1) is 14.8. The van der Waals surface area contributed by atoms with Gasteiger partial charge in [0.25, 0.3) is 5.91 Å². The lowest BCUT2D eigenvalue weighted by Gasteiger charge is -2.11. The molecule has 0 saturated carbocycles. The van der Waals surface area contributed by atoms with E-state index in [4.69, 9.17) is 4.18 Å². The molecule has 0 radical (unpaired) electrons. The van der Waals surface area contributed by atoms with Gasteiger partial charge in [0.05, 0.1) is 0 Å². The summed E-state index contributed by atoms with van der Waals surface area (Å²) in [6.07, 6.45) is 1.30. The van der Waals surface area contributed by atoms with Gasteiger partial charge >= 0.3 is 10.1 Å². The van der Waals surface area contributed by atoms with Crippen molar-refractivity contribution in [1.82, 2.24) is 0 Å². The van der Waals surface area contributed by atoms with Crippen LogP contribution >= 0.6 is 0 Å². The van der Waals surface area contributed by atoms with Gasteiger partial charge in [0, 0.05) is 11.3 Å². The Hall–Kier alpha value is -3.89. The van der Waals surface area contributed by atoms with Gasteiger partial charge < -0.3 is 9.50 Å². The number of nitrogens with zero attached hydrogens (tertiary/aromatic N) is 1. The number of hydrogen-bond donors (Lipinski definition) is 1. The molecular formula is C24H20N2O4S. The standard InChI is InChI=1S/C24H20N2O4S/c1-17-9-8-13-22(18(17)2)26-24(27)20(16-25)15-19-10-6-7-14-23(19)30-31(28,29)21-11-4-3-5-12-21/h3-15H,1-2H3,(H,26,27)/b20-15+. The molecule has 0 heterocycles. The smallest absolute Gasteiger partial charge is 0.339 e. The minimum atomic E-state index is -4.07.